The first-order valence-electron chi connectivity index (χ1n) is 6.04. The summed E-state index contributed by atoms with van der Waals surface area (Å²) in [5.41, 5.74) is -0.898. The number of methoxy groups -OCH3 is 1. The molecule has 0 radical (unpaired) electrons. The fourth-order valence-electron chi connectivity index (χ4n) is 1.52. The van der Waals surface area contributed by atoms with Crippen molar-refractivity contribution in [3.05, 3.63) is 39.4 Å². The van der Waals surface area contributed by atoms with Gasteiger partial charge in [-0.1, -0.05) is 0 Å². The number of amides is 1. The van der Waals surface area contributed by atoms with E-state index in [-0.39, 0.29) is 24.6 Å². The molecule has 0 spiro atoms. The molecule has 2 N–H and O–H groups in total. The molecule has 0 aliphatic rings. The van der Waals surface area contributed by atoms with Gasteiger partial charge in [-0.15, -0.1) is 0 Å². The van der Waals surface area contributed by atoms with Crippen molar-refractivity contribution >= 4 is 11.6 Å². The summed E-state index contributed by atoms with van der Waals surface area (Å²) in [6.07, 6.45) is 0. The van der Waals surface area contributed by atoms with Gasteiger partial charge in [-0.2, -0.15) is 4.39 Å². The molecule has 116 valence electrons. The quantitative estimate of drug-likeness (QED) is 0.419. The van der Waals surface area contributed by atoms with Crippen molar-refractivity contribution in [2.75, 3.05) is 26.8 Å². The standard InChI is InChI=1S/C12H15F2N3O4/c1-21-3-2-16-12(18)7-15-6-8-4-11(17(19)20)10(14)5-9(8)13/h4-5,15H,2-3,6-7H2,1H3,(H,16,18). The summed E-state index contributed by atoms with van der Waals surface area (Å²) in [6, 6.07) is 1.26. The van der Waals surface area contributed by atoms with E-state index in [2.05, 4.69) is 10.6 Å². The van der Waals surface area contributed by atoms with Gasteiger partial charge in [0.25, 0.3) is 0 Å². The second-order valence-electron chi connectivity index (χ2n) is 4.10. The second-order valence-corrected chi connectivity index (χ2v) is 4.10. The molecule has 0 bridgehead atoms. The van der Waals surface area contributed by atoms with Crippen LogP contribution in [-0.4, -0.2) is 37.6 Å². The van der Waals surface area contributed by atoms with Crippen LogP contribution in [0.5, 0.6) is 0 Å². The molecule has 0 aromatic heterocycles. The minimum absolute atomic E-state index is 0.0900. The fraction of sp³-hybridized carbons (Fsp3) is 0.417. The molecular weight excluding hydrogens is 288 g/mol. The fourth-order valence-corrected chi connectivity index (χ4v) is 1.52. The minimum Gasteiger partial charge on any atom is -0.383 e. The Morgan fingerprint density at radius 3 is 2.71 bits per heavy atom. The average molecular weight is 303 g/mol. The van der Waals surface area contributed by atoms with Crippen molar-refractivity contribution in [1.29, 1.82) is 0 Å². The van der Waals surface area contributed by atoms with Gasteiger partial charge in [-0.3, -0.25) is 14.9 Å². The van der Waals surface area contributed by atoms with Gasteiger partial charge in [-0.05, 0) is 0 Å². The number of halogens is 2. The molecule has 0 fully saturated rings. The normalized spacial score (nSPS) is 10.4. The molecule has 0 saturated carbocycles. The van der Waals surface area contributed by atoms with E-state index in [9.17, 15) is 23.7 Å². The summed E-state index contributed by atoms with van der Waals surface area (Å²) in [4.78, 5) is 21.0. The Morgan fingerprint density at radius 2 is 2.10 bits per heavy atom. The third-order valence-electron chi connectivity index (χ3n) is 2.54. The number of nitrogens with one attached hydrogen (secondary N) is 2. The lowest BCUT2D eigenvalue weighted by molar-refractivity contribution is -0.387. The first-order chi connectivity index (χ1) is 9.95. The molecule has 21 heavy (non-hydrogen) atoms. The Morgan fingerprint density at radius 1 is 1.38 bits per heavy atom. The van der Waals surface area contributed by atoms with E-state index >= 15 is 0 Å². The highest BCUT2D eigenvalue weighted by molar-refractivity contribution is 5.77. The number of nitro groups is 1. The monoisotopic (exact) mass is 303 g/mol. The van der Waals surface area contributed by atoms with Crippen LogP contribution in [-0.2, 0) is 16.1 Å². The predicted molar refractivity (Wildman–Crippen MR) is 69.6 cm³/mol. The smallest absolute Gasteiger partial charge is 0.305 e. The summed E-state index contributed by atoms with van der Waals surface area (Å²) >= 11 is 0. The molecule has 0 aliphatic carbocycles. The second kappa shape index (κ2) is 8.22. The lowest BCUT2D eigenvalue weighted by atomic mass is 10.2. The highest BCUT2D eigenvalue weighted by Gasteiger charge is 2.18. The van der Waals surface area contributed by atoms with Gasteiger partial charge < -0.3 is 15.4 Å². The van der Waals surface area contributed by atoms with Crippen LogP contribution < -0.4 is 10.6 Å². The van der Waals surface area contributed by atoms with Gasteiger partial charge in [0.1, 0.15) is 5.82 Å². The van der Waals surface area contributed by atoms with Crippen LogP contribution in [0, 0.1) is 21.7 Å². The molecule has 9 heteroatoms. The van der Waals surface area contributed by atoms with Crippen LogP contribution >= 0.6 is 0 Å². The Labute approximate surface area is 119 Å². The molecule has 1 amide bonds. The summed E-state index contributed by atoms with van der Waals surface area (Å²) in [5, 5.41) is 15.7. The summed E-state index contributed by atoms with van der Waals surface area (Å²) < 4.78 is 31.3. The topological polar surface area (TPSA) is 93.5 Å². The van der Waals surface area contributed by atoms with E-state index < -0.39 is 22.2 Å². The molecule has 0 atom stereocenters. The number of hydrogen-bond donors (Lipinski definition) is 2. The van der Waals surface area contributed by atoms with Gasteiger partial charge in [0, 0.05) is 37.9 Å². The maximum absolute atomic E-state index is 13.4. The third kappa shape index (κ3) is 5.40. The molecule has 7 nitrogen and oxygen atoms in total. The SMILES string of the molecule is COCCNC(=O)CNCc1cc([N+](=O)[O-])c(F)cc1F. The zero-order valence-corrected chi connectivity index (χ0v) is 11.3. The minimum atomic E-state index is -1.24. The first kappa shape index (κ1) is 16.9. The molecule has 1 rings (SSSR count). The van der Waals surface area contributed by atoms with Crippen molar-refractivity contribution in [2.45, 2.75) is 6.54 Å². The van der Waals surface area contributed by atoms with Crippen molar-refractivity contribution in [2.24, 2.45) is 0 Å². The third-order valence-corrected chi connectivity index (χ3v) is 2.54. The summed E-state index contributed by atoms with van der Waals surface area (Å²) in [7, 11) is 1.49. The van der Waals surface area contributed by atoms with Crippen LogP contribution in [0.25, 0.3) is 0 Å². The Balaban J connectivity index is 2.54. The van der Waals surface area contributed by atoms with Gasteiger partial charge >= 0.3 is 5.69 Å². The van der Waals surface area contributed by atoms with Crippen molar-refractivity contribution in [3.63, 3.8) is 0 Å². The molecule has 1 aromatic carbocycles. The first-order valence-corrected chi connectivity index (χ1v) is 6.04. The number of hydrogen-bond acceptors (Lipinski definition) is 5. The van der Waals surface area contributed by atoms with Crippen molar-refractivity contribution in [3.8, 4) is 0 Å². The lowest BCUT2D eigenvalue weighted by Crippen LogP contribution is -2.35. The number of carbonyl (C=O) groups excluding carboxylic acids is 1. The Hall–Kier alpha value is -2.13. The molecule has 0 saturated heterocycles. The zero-order valence-electron chi connectivity index (χ0n) is 11.3. The van der Waals surface area contributed by atoms with Crippen LogP contribution in [0.1, 0.15) is 5.56 Å². The summed E-state index contributed by atoms with van der Waals surface area (Å²) in [6.45, 7) is 0.469. The van der Waals surface area contributed by atoms with E-state index in [1.165, 1.54) is 7.11 Å². The molecular formula is C12H15F2N3O4. The number of carbonyl (C=O) groups is 1. The number of rotatable bonds is 8. The van der Waals surface area contributed by atoms with Gasteiger partial charge in [0.05, 0.1) is 18.1 Å². The highest BCUT2D eigenvalue weighted by Crippen LogP contribution is 2.21. The van der Waals surface area contributed by atoms with Crippen LogP contribution in [0.3, 0.4) is 0 Å². The van der Waals surface area contributed by atoms with E-state index in [0.717, 1.165) is 6.07 Å². The van der Waals surface area contributed by atoms with Crippen LogP contribution in [0.15, 0.2) is 12.1 Å². The van der Waals surface area contributed by atoms with Crippen LogP contribution in [0.4, 0.5) is 14.5 Å². The summed E-state index contributed by atoms with van der Waals surface area (Å²) in [5.74, 6) is -2.48. The average Bonchev–Trinajstić information content (AvgIpc) is 2.41. The lowest BCUT2D eigenvalue weighted by Gasteiger charge is -2.07. The molecule has 1 aromatic rings. The van der Waals surface area contributed by atoms with Crippen LogP contribution in [0.2, 0.25) is 0 Å². The molecule has 0 unspecified atom stereocenters. The number of benzene rings is 1. The largest absolute Gasteiger partial charge is 0.383 e. The molecule has 0 aliphatic heterocycles. The maximum Gasteiger partial charge on any atom is 0.305 e. The predicted octanol–water partition coefficient (Wildman–Crippen LogP) is 0.725. The van der Waals surface area contributed by atoms with E-state index in [4.69, 9.17) is 4.74 Å². The van der Waals surface area contributed by atoms with Gasteiger partial charge in [-0.25, -0.2) is 4.39 Å². The van der Waals surface area contributed by atoms with Crippen molar-refractivity contribution < 1.29 is 23.2 Å². The highest BCUT2D eigenvalue weighted by atomic mass is 19.1. The van der Waals surface area contributed by atoms with E-state index in [1.807, 2.05) is 0 Å². The van der Waals surface area contributed by atoms with Gasteiger partial charge in [0.15, 0.2) is 0 Å². The maximum atomic E-state index is 13.4. The van der Waals surface area contributed by atoms with E-state index in [0.29, 0.717) is 19.2 Å². The van der Waals surface area contributed by atoms with Crippen molar-refractivity contribution in [1.82, 2.24) is 10.6 Å². The Bertz CT molecular complexity index is 525. The van der Waals surface area contributed by atoms with Gasteiger partial charge in [0.2, 0.25) is 11.7 Å². The zero-order chi connectivity index (χ0) is 15.8. The number of nitro benzene ring substituents is 1. The number of nitrogens with zero attached hydrogens (tertiary/aromatic N) is 1. The number of ether oxygens (including phenoxy) is 1. The molecule has 0 heterocycles. The van der Waals surface area contributed by atoms with E-state index in [1.54, 1.807) is 0 Å². The Kier molecular flexibility index (Phi) is 6.63.